The molecule has 1 aromatic carbocycles. The summed E-state index contributed by atoms with van der Waals surface area (Å²) in [5, 5.41) is 0. The van der Waals surface area contributed by atoms with Gasteiger partial charge in [0.05, 0.1) is 11.1 Å². The molecular weight excluding hydrogens is 355 g/mol. The Morgan fingerprint density at radius 2 is 1.62 bits per heavy atom. The number of benzene rings is 1. The number of hydrogen-bond acceptors (Lipinski definition) is 4. The molecule has 0 saturated carbocycles. The molecule has 0 radical (unpaired) electrons. The first-order chi connectivity index (χ1) is 10.6. The minimum absolute atomic E-state index is 0. The molecule has 1 aromatic rings. The zero-order chi connectivity index (χ0) is 15.9. The first-order valence-electron chi connectivity index (χ1n) is 7.51. The van der Waals surface area contributed by atoms with Crippen LogP contribution in [-0.4, -0.2) is 29.4 Å². The van der Waals surface area contributed by atoms with E-state index in [0.717, 1.165) is 30.6 Å². The molecule has 6 nitrogen and oxygen atoms in total. The second-order valence-corrected chi connectivity index (χ2v) is 5.19. The number of fused-ring (bicyclic) bond motifs is 1. The highest BCUT2D eigenvalue weighted by Gasteiger charge is 2.35. The molecule has 0 unspecified atom stereocenters. The molecule has 1 aliphatic rings. The fourth-order valence-corrected chi connectivity index (χ4v) is 2.30. The molecule has 0 aromatic heterocycles. The molecule has 3 amide bonds. The topological polar surface area (TPSA) is 75.7 Å². The lowest BCUT2D eigenvalue weighted by Crippen LogP contribution is -2.36. The second kappa shape index (κ2) is 11.0. The number of unbranched alkanes of at least 4 members (excludes halogenated alkanes) is 3. The summed E-state index contributed by atoms with van der Waals surface area (Å²) in [5.74, 6) is -1.05. The van der Waals surface area contributed by atoms with Crippen molar-refractivity contribution in [2.75, 3.05) is 6.73 Å². The minimum Gasteiger partial charge on any atom is -0.273 e. The number of hydroxylamine groups is 1. The maximum absolute atomic E-state index is 12.0. The van der Waals surface area contributed by atoms with E-state index in [0.29, 0.717) is 17.5 Å². The van der Waals surface area contributed by atoms with Crippen molar-refractivity contribution in [3.63, 3.8) is 0 Å². The highest BCUT2D eigenvalue weighted by molar-refractivity contribution is 6.21. The van der Waals surface area contributed by atoms with Crippen molar-refractivity contribution < 1.29 is 19.2 Å². The fourth-order valence-electron chi connectivity index (χ4n) is 2.30. The lowest BCUT2D eigenvalue weighted by Gasteiger charge is -2.13. The van der Waals surface area contributed by atoms with E-state index in [2.05, 4.69) is 12.4 Å². The normalized spacial score (nSPS) is 12.3. The van der Waals surface area contributed by atoms with Crippen LogP contribution in [0.3, 0.4) is 0 Å². The summed E-state index contributed by atoms with van der Waals surface area (Å²) in [7, 11) is 0. The number of nitrogens with zero attached hydrogens (tertiary/aromatic N) is 1. The van der Waals surface area contributed by atoms with Crippen LogP contribution in [0.15, 0.2) is 24.3 Å². The Hall–Kier alpha value is -1.63. The van der Waals surface area contributed by atoms with Gasteiger partial charge in [-0.3, -0.25) is 19.2 Å². The number of nitrogens with one attached hydrogen (secondary N) is 1. The zero-order valence-corrected chi connectivity index (χ0v) is 15.1. The molecule has 0 saturated heterocycles. The number of carbonyl (C=O) groups excluding carboxylic acids is 3. The van der Waals surface area contributed by atoms with Crippen LogP contribution in [0.25, 0.3) is 0 Å². The average molecular weight is 377 g/mol. The Morgan fingerprint density at radius 3 is 2.17 bits per heavy atom. The van der Waals surface area contributed by atoms with Crippen molar-refractivity contribution >= 4 is 42.5 Å². The summed E-state index contributed by atoms with van der Waals surface area (Å²) >= 11 is 0. The van der Waals surface area contributed by atoms with Gasteiger partial charge in [0.25, 0.3) is 11.8 Å². The maximum Gasteiger partial charge on any atom is 0.263 e. The third-order valence-corrected chi connectivity index (χ3v) is 3.52. The Balaban J connectivity index is 0.00000264. The van der Waals surface area contributed by atoms with Crippen molar-refractivity contribution in [3.05, 3.63) is 35.4 Å². The molecular formula is C16H22Cl2N2O4. The molecule has 1 N–H and O–H groups in total. The van der Waals surface area contributed by atoms with Crippen LogP contribution >= 0.6 is 24.8 Å². The molecule has 0 fully saturated rings. The number of imide groups is 1. The van der Waals surface area contributed by atoms with Crippen LogP contribution in [0.4, 0.5) is 0 Å². The van der Waals surface area contributed by atoms with E-state index in [9.17, 15) is 14.4 Å². The summed E-state index contributed by atoms with van der Waals surface area (Å²) in [5.41, 5.74) is 3.00. The van der Waals surface area contributed by atoms with Gasteiger partial charge in [0.15, 0.2) is 6.73 Å². The van der Waals surface area contributed by atoms with E-state index in [1.807, 2.05) is 0 Å². The van der Waals surface area contributed by atoms with E-state index in [-0.39, 0.29) is 37.5 Å². The van der Waals surface area contributed by atoms with E-state index < -0.39 is 11.8 Å². The number of carbonyl (C=O) groups is 3. The van der Waals surface area contributed by atoms with Crippen LogP contribution in [0.2, 0.25) is 0 Å². The van der Waals surface area contributed by atoms with E-state index >= 15 is 0 Å². The summed E-state index contributed by atoms with van der Waals surface area (Å²) in [6, 6.07) is 6.60. The van der Waals surface area contributed by atoms with Gasteiger partial charge in [0, 0.05) is 6.42 Å². The van der Waals surface area contributed by atoms with Gasteiger partial charge in [-0.1, -0.05) is 38.3 Å². The summed E-state index contributed by atoms with van der Waals surface area (Å²) < 4.78 is 0. The molecule has 24 heavy (non-hydrogen) atoms. The van der Waals surface area contributed by atoms with Crippen molar-refractivity contribution in [2.45, 2.75) is 39.0 Å². The highest BCUT2D eigenvalue weighted by atomic mass is 35.5. The highest BCUT2D eigenvalue weighted by Crippen LogP contribution is 2.21. The quantitative estimate of drug-likeness (QED) is 0.429. The smallest absolute Gasteiger partial charge is 0.263 e. The van der Waals surface area contributed by atoms with Gasteiger partial charge in [-0.05, 0) is 18.6 Å². The van der Waals surface area contributed by atoms with Gasteiger partial charge in [-0.25, -0.2) is 10.4 Å². The van der Waals surface area contributed by atoms with Crippen molar-refractivity contribution in [2.24, 2.45) is 0 Å². The van der Waals surface area contributed by atoms with Gasteiger partial charge in [-0.15, -0.1) is 24.8 Å². The van der Waals surface area contributed by atoms with E-state index in [1.54, 1.807) is 24.3 Å². The first-order valence-corrected chi connectivity index (χ1v) is 7.51. The number of amides is 3. The Bertz CT molecular complexity index is 546. The first kappa shape index (κ1) is 22.4. The van der Waals surface area contributed by atoms with Gasteiger partial charge >= 0.3 is 0 Å². The van der Waals surface area contributed by atoms with Crippen LogP contribution in [0.5, 0.6) is 0 Å². The molecule has 2 rings (SSSR count). The fraction of sp³-hybridized carbons (Fsp3) is 0.438. The van der Waals surface area contributed by atoms with Crippen molar-refractivity contribution in [3.8, 4) is 0 Å². The largest absolute Gasteiger partial charge is 0.273 e. The van der Waals surface area contributed by atoms with E-state index in [1.165, 1.54) is 0 Å². The van der Waals surface area contributed by atoms with Crippen molar-refractivity contribution in [1.29, 1.82) is 0 Å². The predicted molar refractivity (Wildman–Crippen MR) is 94.3 cm³/mol. The van der Waals surface area contributed by atoms with Crippen molar-refractivity contribution in [1.82, 2.24) is 10.4 Å². The standard InChI is InChI=1S/C16H20N2O4.2ClH/c1-2-3-4-5-10-14(19)17-22-11-18-15(20)12-8-6-7-9-13(12)16(18)21;;/h6-9H,2-5,10-11H2,1H3,(H,17,19);2*1H. The van der Waals surface area contributed by atoms with Crippen LogP contribution < -0.4 is 5.48 Å². The predicted octanol–water partition coefficient (Wildman–Crippen LogP) is 3.10. The lowest BCUT2D eigenvalue weighted by atomic mass is 10.1. The number of hydrogen-bond donors (Lipinski definition) is 1. The maximum atomic E-state index is 12.0. The monoisotopic (exact) mass is 376 g/mol. The lowest BCUT2D eigenvalue weighted by molar-refractivity contribution is -0.136. The molecule has 8 heteroatoms. The Morgan fingerprint density at radius 1 is 1.04 bits per heavy atom. The van der Waals surface area contributed by atoms with Crippen LogP contribution in [0.1, 0.15) is 59.7 Å². The molecule has 0 atom stereocenters. The summed E-state index contributed by atoms with van der Waals surface area (Å²) in [4.78, 5) is 41.6. The molecule has 0 bridgehead atoms. The third kappa shape index (κ3) is 5.47. The minimum atomic E-state index is -0.405. The van der Waals surface area contributed by atoms with Gasteiger partial charge in [0.1, 0.15) is 0 Å². The van der Waals surface area contributed by atoms with E-state index in [4.69, 9.17) is 4.84 Å². The second-order valence-electron chi connectivity index (χ2n) is 5.19. The average Bonchev–Trinajstić information content (AvgIpc) is 2.77. The van der Waals surface area contributed by atoms with Gasteiger partial charge in [-0.2, -0.15) is 0 Å². The molecule has 1 heterocycles. The van der Waals surface area contributed by atoms with Gasteiger partial charge in [0.2, 0.25) is 5.91 Å². The molecule has 0 aliphatic carbocycles. The third-order valence-electron chi connectivity index (χ3n) is 3.52. The Kier molecular flexibility index (Phi) is 10.3. The molecule has 0 spiro atoms. The molecule has 1 aliphatic heterocycles. The Labute approximate surface area is 153 Å². The number of rotatable bonds is 8. The summed E-state index contributed by atoms with van der Waals surface area (Å²) in [6.07, 6.45) is 4.39. The summed E-state index contributed by atoms with van der Waals surface area (Å²) in [6.45, 7) is 1.82. The molecule has 134 valence electrons. The van der Waals surface area contributed by atoms with Crippen LogP contribution in [-0.2, 0) is 9.63 Å². The van der Waals surface area contributed by atoms with Gasteiger partial charge < -0.3 is 0 Å². The zero-order valence-electron chi connectivity index (χ0n) is 13.4. The number of halogens is 2. The SMILES string of the molecule is CCCCCCC(=O)NOCN1C(=O)c2ccccc2C1=O.Cl.Cl. The van der Waals surface area contributed by atoms with Crippen LogP contribution in [0, 0.1) is 0 Å².